The van der Waals surface area contributed by atoms with Crippen molar-refractivity contribution in [3.63, 3.8) is 0 Å². The van der Waals surface area contributed by atoms with E-state index in [0.717, 1.165) is 4.88 Å². The van der Waals surface area contributed by atoms with Gasteiger partial charge in [-0.25, -0.2) is 8.42 Å². The van der Waals surface area contributed by atoms with Crippen molar-refractivity contribution in [2.75, 3.05) is 4.72 Å². The average molecular weight is 302 g/mol. The molecular formula is C9H10N4O2S3. The molecule has 6 nitrogen and oxygen atoms in total. The van der Waals surface area contributed by atoms with Crippen molar-refractivity contribution in [3.05, 3.63) is 28.8 Å². The van der Waals surface area contributed by atoms with Gasteiger partial charge in [-0.2, -0.15) is 5.10 Å². The first-order chi connectivity index (χ1) is 8.40. The maximum absolute atomic E-state index is 12.1. The summed E-state index contributed by atoms with van der Waals surface area (Å²) in [4.78, 5) is 0.985. The van der Waals surface area contributed by atoms with Gasteiger partial charge in [-0.15, -0.1) is 11.3 Å². The van der Waals surface area contributed by atoms with Crippen molar-refractivity contribution < 1.29 is 8.42 Å². The summed E-state index contributed by atoms with van der Waals surface area (Å²) in [5.74, 6) is 0.175. The van der Waals surface area contributed by atoms with Crippen LogP contribution in [0.5, 0.6) is 0 Å². The van der Waals surface area contributed by atoms with Gasteiger partial charge in [-0.1, -0.05) is 12.2 Å². The molecule has 0 aliphatic rings. The third-order valence-corrected chi connectivity index (χ3v) is 5.18. The number of aromatic amines is 1. The minimum absolute atomic E-state index is 0.0730. The van der Waals surface area contributed by atoms with Crippen LogP contribution in [-0.4, -0.2) is 23.6 Å². The van der Waals surface area contributed by atoms with E-state index < -0.39 is 10.0 Å². The lowest BCUT2D eigenvalue weighted by atomic mass is 10.3. The Hall–Kier alpha value is -1.45. The van der Waals surface area contributed by atoms with E-state index in [0.29, 0.717) is 5.56 Å². The van der Waals surface area contributed by atoms with E-state index in [1.165, 1.54) is 17.5 Å². The van der Waals surface area contributed by atoms with E-state index in [2.05, 4.69) is 14.9 Å². The molecule has 0 spiro atoms. The lowest BCUT2D eigenvalue weighted by Crippen LogP contribution is -2.16. The van der Waals surface area contributed by atoms with E-state index in [1.54, 1.807) is 12.1 Å². The van der Waals surface area contributed by atoms with Gasteiger partial charge < -0.3 is 5.73 Å². The second-order valence-corrected chi connectivity index (χ2v) is 7.13. The van der Waals surface area contributed by atoms with E-state index in [1.807, 2.05) is 6.92 Å². The van der Waals surface area contributed by atoms with Gasteiger partial charge in [0.1, 0.15) is 15.0 Å². The molecule has 0 radical (unpaired) electrons. The largest absolute Gasteiger partial charge is 0.389 e. The van der Waals surface area contributed by atoms with Gasteiger partial charge in [0.15, 0.2) is 0 Å². The Kier molecular flexibility index (Phi) is 3.37. The van der Waals surface area contributed by atoms with Crippen LogP contribution in [0.2, 0.25) is 0 Å². The highest BCUT2D eigenvalue weighted by Gasteiger charge is 2.19. The molecule has 0 fully saturated rings. The van der Waals surface area contributed by atoms with Crippen molar-refractivity contribution in [2.24, 2.45) is 5.73 Å². The number of rotatable bonds is 4. The summed E-state index contributed by atoms with van der Waals surface area (Å²) in [6.45, 7) is 1.83. The summed E-state index contributed by atoms with van der Waals surface area (Å²) < 4.78 is 26.7. The second kappa shape index (κ2) is 4.67. The lowest BCUT2D eigenvalue weighted by molar-refractivity contribution is 0.603. The Morgan fingerprint density at radius 2 is 2.28 bits per heavy atom. The highest BCUT2D eigenvalue weighted by Crippen LogP contribution is 2.23. The Morgan fingerprint density at radius 3 is 2.83 bits per heavy atom. The number of H-pyrrole nitrogens is 1. The molecule has 9 heteroatoms. The fourth-order valence-electron chi connectivity index (χ4n) is 1.29. The molecule has 0 aliphatic heterocycles. The van der Waals surface area contributed by atoms with Crippen LogP contribution in [0.15, 0.2) is 22.5 Å². The standard InChI is InChI=1S/C9H10N4O2S3/c1-5-2-3-7(17-5)18(14,15)13-9-6(8(10)16)4-11-12-9/h2-4H,1H3,(H2,10,16)(H2,11,12,13). The van der Waals surface area contributed by atoms with E-state index >= 15 is 0 Å². The quantitative estimate of drug-likeness (QED) is 0.737. The number of hydrogen-bond donors (Lipinski definition) is 3. The van der Waals surface area contributed by atoms with Crippen LogP contribution in [-0.2, 0) is 10.0 Å². The average Bonchev–Trinajstić information content (AvgIpc) is 2.86. The fraction of sp³-hybridized carbons (Fsp3) is 0.111. The molecule has 0 saturated carbocycles. The highest BCUT2D eigenvalue weighted by molar-refractivity contribution is 7.94. The number of sulfonamides is 1. The summed E-state index contributed by atoms with van der Waals surface area (Å²) in [6.07, 6.45) is 1.37. The topological polar surface area (TPSA) is 101 Å². The summed E-state index contributed by atoms with van der Waals surface area (Å²) in [5.41, 5.74) is 5.82. The third-order valence-electron chi connectivity index (χ3n) is 2.12. The molecule has 0 unspecified atom stereocenters. The van der Waals surface area contributed by atoms with Gasteiger partial charge in [0.05, 0.1) is 11.8 Å². The van der Waals surface area contributed by atoms with Crippen LogP contribution < -0.4 is 10.5 Å². The van der Waals surface area contributed by atoms with E-state index in [-0.39, 0.29) is 15.0 Å². The van der Waals surface area contributed by atoms with Crippen molar-refractivity contribution in [3.8, 4) is 0 Å². The van der Waals surface area contributed by atoms with Crippen LogP contribution in [0.25, 0.3) is 0 Å². The zero-order valence-corrected chi connectivity index (χ0v) is 11.7. The Morgan fingerprint density at radius 1 is 1.56 bits per heavy atom. The fourth-order valence-corrected chi connectivity index (χ4v) is 3.77. The van der Waals surface area contributed by atoms with Gasteiger partial charge >= 0.3 is 0 Å². The summed E-state index contributed by atoms with van der Waals surface area (Å²) in [5, 5.41) is 6.23. The molecule has 2 aromatic heterocycles. The first kappa shape index (κ1) is 13.0. The third kappa shape index (κ3) is 2.52. The number of anilines is 1. The number of aryl methyl sites for hydroxylation is 1. The van der Waals surface area contributed by atoms with Crippen molar-refractivity contribution >= 4 is 44.4 Å². The predicted molar refractivity (Wildman–Crippen MR) is 74.3 cm³/mol. The van der Waals surface area contributed by atoms with Gasteiger partial charge in [0.2, 0.25) is 0 Å². The molecule has 18 heavy (non-hydrogen) atoms. The molecule has 0 bridgehead atoms. The minimum atomic E-state index is -3.64. The molecule has 2 aromatic rings. The van der Waals surface area contributed by atoms with Crippen LogP contribution >= 0.6 is 23.6 Å². The van der Waals surface area contributed by atoms with E-state index in [4.69, 9.17) is 18.0 Å². The van der Waals surface area contributed by atoms with Crippen LogP contribution in [0, 0.1) is 6.92 Å². The Balaban J connectivity index is 2.34. The summed E-state index contributed by atoms with van der Waals surface area (Å²) >= 11 is 5.98. The number of aromatic nitrogens is 2. The summed E-state index contributed by atoms with van der Waals surface area (Å²) in [6, 6.07) is 3.28. The number of thiocarbonyl (C=S) groups is 1. The molecule has 2 heterocycles. The molecular weight excluding hydrogens is 292 g/mol. The second-order valence-electron chi connectivity index (χ2n) is 3.49. The molecule has 2 rings (SSSR count). The van der Waals surface area contributed by atoms with E-state index in [9.17, 15) is 8.42 Å². The Bertz CT molecular complexity index is 686. The highest BCUT2D eigenvalue weighted by atomic mass is 32.2. The number of nitrogens with two attached hydrogens (primary N) is 1. The minimum Gasteiger partial charge on any atom is -0.389 e. The molecule has 0 atom stereocenters. The van der Waals surface area contributed by atoms with Crippen molar-refractivity contribution in [1.82, 2.24) is 10.2 Å². The monoisotopic (exact) mass is 302 g/mol. The zero-order chi connectivity index (χ0) is 13.3. The Labute approximate surface area is 113 Å². The van der Waals surface area contributed by atoms with Gasteiger partial charge in [-0.3, -0.25) is 9.82 Å². The summed E-state index contributed by atoms with van der Waals surface area (Å²) in [7, 11) is -3.64. The number of nitrogens with one attached hydrogen (secondary N) is 2. The first-order valence-electron chi connectivity index (χ1n) is 4.82. The van der Waals surface area contributed by atoms with Gasteiger partial charge in [-0.05, 0) is 19.1 Å². The normalized spacial score (nSPS) is 11.4. The number of nitrogens with zero attached hydrogens (tertiary/aromatic N) is 1. The van der Waals surface area contributed by atoms with Crippen molar-refractivity contribution in [1.29, 1.82) is 0 Å². The van der Waals surface area contributed by atoms with Crippen molar-refractivity contribution in [2.45, 2.75) is 11.1 Å². The van der Waals surface area contributed by atoms with Crippen LogP contribution in [0.3, 0.4) is 0 Å². The zero-order valence-electron chi connectivity index (χ0n) is 9.30. The molecule has 4 N–H and O–H groups in total. The van der Waals surface area contributed by atoms with Gasteiger partial charge in [0, 0.05) is 4.88 Å². The maximum Gasteiger partial charge on any atom is 0.272 e. The lowest BCUT2D eigenvalue weighted by Gasteiger charge is -2.05. The number of hydrogen-bond acceptors (Lipinski definition) is 5. The molecule has 96 valence electrons. The molecule has 0 amide bonds. The van der Waals surface area contributed by atoms with Gasteiger partial charge in [0.25, 0.3) is 10.0 Å². The van der Waals surface area contributed by atoms with Crippen LogP contribution in [0.1, 0.15) is 10.4 Å². The smallest absolute Gasteiger partial charge is 0.272 e. The number of thiophene rings is 1. The predicted octanol–water partition coefficient (Wildman–Crippen LogP) is 1.21. The first-order valence-corrected chi connectivity index (χ1v) is 7.53. The molecule has 0 saturated heterocycles. The molecule has 0 aliphatic carbocycles. The maximum atomic E-state index is 12.1. The molecule has 0 aromatic carbocycles. The SMILES string of the molecule is Cc1ccc(S(=O)(=O)Nc2[nH]ncc2C(N)=S)s1. The van der Waals surface area contributed by atoms with Crippen LogP contribution in [0.4, 0.5) is 5.82 Å².